The summed E-state index contributed by atoms with van der Waals surface area (Å²) in [7, 11) is 0. The molecule has 0 saturated carbocycles. The van der Waals surface area contributed by atoms with Gasteiger partial charge < -0.3 is 0 Å². The van der Waals surface area contributed by atoms with Crippen molar-refractivity contribution in [2.45, 2.75) is 59.4 Å². The van der Waals surface area contributed by atoms with Crippen molar-refractivity contribution < 1.29 is 0 Å². The molecular formula is C11H22B2. The lowest BCUT2D eigenvalue weighted by Crippen LogP contribution is -2.22. The third-order valence-corrected chi connectivity index (χ3v) is 4.03. The van der Waals surface area contributed by atoms with E-state index in [1.165, 1.54) is 19.3 Å². The van der Waals surface area contributed by atoms with Gasteiger partial charge in [0.2, 0.25) is 0 Å². The van der Waals surface area contributed by atoms with Crippen LogP contribution in [-0.4, -0.2) is 13.4 Å². The average molecular weight is 176 g/mol. The molecule has 0 radical (unpaired) electrons. The summed E-state index contributed by atoms with van der Waals surface area (Å²) in [5.41, 5.74) is 4.45. The molecule has 1 aliphatic heterocycles. The maximum atomic E-state index is 2.42. The molecule has 0 N–H and O–H groups in total. The normalized spacial score (nSPS) is 19.2. The number of allylic oxidation sites excluding steroid dienone is 2. The molecule has 2 heteroatoms. The van der Waals surface area contributed by atoms with Gasteiger partial charge in [-0.25, -0.2) is 0 Å². The van der Waals surface area contributed by atoms with Crippen molar-refractivity contribution in [3.63, 3.8) is 0 Å². The van der Waals surface area contributed by atoms with Crippen molar-refractivity contribution in [2.75, 3.05) is 0 Å². The first-order valence-corrected chi connectivity index (χ1v) is 5.89. The molecule has 0 atom stereocenters. The molecule has 72 valence electrons. The van der Waals surface area contributed by atoms with Gasteiger partial charge in [-0.3, -0.25) is 0 Å². The first-order valence-electron chi connectivity index (χ1n) is 5.89. The van der Waals surface area contributed by atoms with Gasteiger partial charge in [0.05, 0.1) is 0 Å². The highest BCUT2D eigenvalue weighted by atomic mass is 14.1. The van der Waals surface area contributed by atoms with Crippen molar-refractivity contribution in [2.24, 2.45) is 0 Å². The lowest BCUT2D eigenvalue weighted by atomic mass is 9.26. The second kappa shape index (κ2) is 4.39. The molecule has 0 fully saturated rings. The second-order valence-corrected chi connectivity index (χ2v) is 4.41. The van der Waals surface area contributed by atoms with Gasteiger partial charge in [0.1, 0.15) is 0 Å². The molecule has 0 aromatic rings. The third-order valence-electron chi connectivity index (χ3n) is 4.03. The van der Waals surface area contributed by atoms with Crippen LogP contribution in [-0.2, 0) is 0 Å². The van der Waals surface area contributed by atoms with Crippen LogP contribution in [0.4, 0.5) is 0 Å². The highest BCUT2D eigenvalue weighted by Gasteiger charge is 2.38. The van der Waals surface area contributed by atoms with Gasteiger partial charge in [0.25, 0.3) is 0 Å². The van der Waals surface area contributed by atoms with Crippen molar-refractivity contribution in [1.29, 1.82) is 0 Å². The summed E-state index contributed by atoms with van der Waals surface area (Å²) in [5, 5.41) is 0. The third kappa shape index (κ3) is 1.73. The Balaban J connectivity index is 2.91. The molecular weight excluding hydrogens is 154 g/mol. The lowest BCUT2D eigenvalue weighted by Gasteiger charge is -2.16. The van der Waals surface area contributed by atoms with Crippen molar-refractivity contribution in [3.05, 3.63) is 10.9 Å². The second-order valence-electron chi connectivity index (χ2n) is 4.41. The Hall–Kier alpha value is -0.130. The van der Waals surface area contributed by atoms with E-state index in [4.69, 9.17) is 0 Å². The van der Waals surface area contributed by atoms with Gasteiger partial charge in [-0.2, -0.15) is 0 Å². The monoisotopic (exact) mass is 176 g/mol. The Kier molecular flexibility index (Phi) is 3.70. The fourth-order valence-corrected chi connectivity index (χ4v) is 3.34. The molecule has 13 heavy (non-hydrogen) atoms. The van der Waals surface area contributed by atoms with E-state index in [2.05, 4.69) is 34.4 Å². The molecule has 1 heterocycles. The zero-order chi connectivity index (χ0) is 10.0. The Morgan fingerprint density at radius 1 is 0.923 bits per heavy atom. The summed E-state index contributed by atoms with van der Waals surface area (Å²) in [6.07, 6.45) is 3.88. The van der Waals surface area contributed by atoms with E-state index in [1.807, 2.05) is 0 Å². The van der Waals surface area contributed by atoms with Crippen LogP contribution >= 0.6 is 0 Å². The molecule has 1 aliphatic rings. The Morgan fingerprint density at radius 2 is 1.31 bits per heavy atom. The first kappa shape index (κ1) is 10.9. The molecule has 0 spiro atoms. The molecule has 1 rings (SSSR count). The van der Waals surface area contributed by atoms with Crippen LogP contribution in [0.2, 0.25) is 19.4 Å². The SMILES string of the molecule is CCC1=C(CC)B(C)C(CC)B1C. The van der Waals surface area contributed by atoms with Crippen LogP contribution in [0.3, 0.4) is 0 Å². The predicted molar refractivity (Wildman–Crippen MR) is 64.9 cm³/mol. The summed E-state index contributed by atoms with van der Waals surface area (Å²) in [6, 6.07) is 0. The Bertz CT molecular complexity index is 188. The topological polar surface area (TPSA) is 0 Å². The van der Waals surface area contributed by atoms with E-state index in [0.29, 0.717) is 0 Å². The van der Waals surface area contributed by atoms with Crippen LogP contribution < -0.4 is 0 Å². The van der Waals surface area contributed by atoms with Gasteiger partial charge in [-0.15, -0.1) is 10.9 Å². The quantitative estimate of drug-likeness (QED) is 0.574. The van der Waals surface area contributed by atoms with Crippen molar-refractivity contribution in [1.82, 2.24) is 0 Å². The maximum Gasteiger partial charge on any atom is 0.162 e. The van der Waals surface area contributed by atoms with Crippen LogP contribution in [0.5, 0.6) is 0 Å². The van der Waals surface area contributed by atoms with Gasteiger partial charge in [-0.1, -0.05) is 46.6 Å². The van der Waals surface area contributed by atoms with Gasteiger partial charge in [-0.05, 0) is 12.8 Å². The van der Waals surface area contributed by atoms with Crippen molar-refractivity contribution in [3.8, 4) is 0 Å². The molecule has 0 saturated heterocycles. The molecule has 0 unspecified atom stereocenters. The summed E-state index contributed by atoms with van der Waals surface area (Å²) in [5.74, 6) is 0. The van der Waals surface area contributed by atoms with E-state index < -0.39 is 0 Å². The minimum Gasteiger partial charge on any atom is -0.111 e. The van der Waals surface area contributed by atoms with E-state index in [-0.39, 0.29) is 0 Å². The summed E-state index contributed by atoms with van der Waals surface area (Å²) >= 11 is 0. The van der Waals surface area contributed by atoms with E-state index in [9.17, 15) is 0 Å². The smallest absolute Gasteiger partial charge is 0.111 e. The maximum absolute atomic E-state index is 2.42. The van der Waals surface area contributed by atoms with Gasteiger partial charge in [0.15, 0.2) is 13.4 Å². The number of hydrogen-bond acceptors (Lipinski definition) is 0. The van der Waals surface area contributed by atoms with E-state index in [0.717, 1.165) is 19.1 Å². The van der Waals surface area contributed by atoms with E-state index in [1.54, 1.807) is 10.9 Å². The molecule has 0 nitrogen and oxygen atoms in total. The summed E-state index contributed by atoms with van der Waals surface area (Å²) < 4.78 is 0. The summed E-state index contributed by atoms with van der Waals surface area (Å²) in [4.78, 5) is 0. The number of rotatable bonds is 3. The standard InChI is InChI=1S/C11H22B2/c1-6-9-10(7-2)13(5)11(8-3)12(9)4/h11H,6-8H2,1-5H3. The average Bonchev–Trinajstić information content (AvgIpc) is 2.36. The Morgan fingerprint density at radius 3 is 1.54 bits per heavy atom. The lowest BCUT2D eigenvalue weighted by molar-refractivity contribution is 0.987. The van der Waals surface area contributed by atoms with Crippen LogP contribution in [0.25, 0.3) is 0 Å². The first-order chi connectivity index (χ1) is 6.17. The fraction of sp³-hybridized carbons (Fsp3) is 0.818. The largest absolute Gasteiger partial charge is 0.162 e. The van der Waals surface area contributed by atoms with Crippen LogP contribution in [0.15, 0.2) is 10.9 Å². The van der Waals surface area contributed by atoms with Crippen molar-refractivity contribution >= 4 is 13.4 Å². The minimum absolute atomic E-state index is 0.847. The minimum atomic E-state index is 0.847. The zero-order valence-electron chi connectivity index (χ0n) is 9.85. The zero-order valence-corrected chi connectivity index (χ0v) is 9.85. The Labute approximate surface area is 84.3 Å². The molecule has 0 aromatic heterocycles. The van der Waals surface area contributed by atoms with Gasteiger partial charge in [0, 0.05) is 0 Å². The molecule has 0 aliphatic carbocycles. The van der Waals surface area contributed by atoms with Gasteiger partial charge >= 0.3 is 0 Å². The molecule has 0 bridgehead atoms. The summed E-state index contributed by atoms with van der Waals surface area (Å²) in [6.45, 7) is 13.5. The van der Waals surface area contributed by atoms with Crippen LogP contribution in [0.1, 0.15) is 40.0 Å². The predicted octanol–water partition coefficient (Wildman–Crippen LogP) is 3.76. The fourth-order valence-electron chi connectivity index (χ4n) is 3.34. The molecule has 0 amide bonds. The van der Waals surface area contributed by atoms with Crippen LogP contribution in [0, 0.1) is 0 Å². The highest BCUT2D eigenvalue weighted by molar-refractivity contribution is 6.91. The van der Waals surface area contributed by atoms with E-state index >= 15 is 0 Å². The molecule has 0 aromatic carbocycles. The highest BCUT2D eigenvalue weighted by Crippen LogP contribution is 2.38. The number of hydrogen-bond donors (Lipinski definition) is 0.